The maximum absolute atomic E-state index is 10.8. The van der Waals surface area contributed by atoms with E-state index in [1.807, 2.05) is 14.1 Å². The van der Waals surface area contributed by atoms with Crippen molar-refractivity contribution in [3.63, 3.8) is 0 Å². The minimum absolute atomic E-state index is 0. The van der Waals surface area contributed by atoms with E-state index in [0.717, 1.165) is 6.08 Å². The van der Waals surface area contributed by atoms with Crippen LogP contribution in [0.25, 0.3) is 0 Å². The van der Waals surface area contributed by atoms with E-state index < -0.39 is 18.2 Å². The van der Waals surface area contributed by atoms with Crippen LogP contribution in [-0.4, -0.2) is 47.9 Å². The smallest absolute Gasteiger partial charge is 0.330 e. The number of halogens is 1. The fourth-order valence-electron chi connectivity index (χ4n) is 0.984. The number of carbonyl (C=O) groups is 1. The summed E-state index contributed by atoms with van der Waals surface area (Å²) in [7, 11) is 3.63. The fraction of sp³-hybridized carbons (Fsp3) is 0.700. The van der Waals surface area contributed by atoms with E-state index in [-0.39, 0.29) is 10.2 Å². The van der Waals surface area contributed by atoms with Gasteiger partial charge in [-0.05, 0) is 6.92 Å². The summed E-state index contributed by atoms with van der Waals surface area (Å²) in [4.78, 5) is 10.8. The largest absolute Gasteiger partial charge is 0.457 e. The van der Waals surface area contributed by atoms with Crippen LogP contribution in [0, 0.1) is 0 Å². The first-order chi connectivity index (χ1) is 6.76. The standard InChI is InChI=1S/C10H19ClNO3.H3N/c1-5-10(14)15-8(2)9(13)6-7-12(3,4)11;/h5,8-9,13H,1,6-7H2,2-4H3;1H3/q+1;. The van der Waals surface area contributed by atoms with Crippen LogP contribution in [0.3, 0.4) is 0 Å². The minimum atomic E-state index is -0.704. The molecule has 0 aliphatic heterocycles. The zero-order valence-corrected chi connectivity index (χ0v) is 10.9. The summed E-state index contributed by atoms with van der Waals surface area (Å²) in [5.74, 6) is -0.527. The number of nitrogens with zero attached hydrogens (tertiary/aromatic N) is 1. The maximum atomic E-state index is 10.8. The molecule has 0 rings (SSSR count). The topological polar surface area (TPSA) is 81.5 Å². The van der Waals surface area contributed by atoms with Crippen molar-refractivity contribution in [2.75, 3.05) is 20.6 Å². The van der Waals surface area contributed by atoms with Gasteiger partial charge in [-0.3, -0.25) is 0 Å². The highest BCUT2D eigenvalue weighted by Crippen LogP contribution is 2.09. The molecular formula is C10H22ClN2O3+. The van der Waals surface area contributed by atoms with Gasteiger partial charge in [-0.1, -0.05) is 6.58 Å². The lowest BCUT2D eigenvalue weighted by atomic mass is 10.1. The number of aliphatic hydroxyl groups is 1. The summed E-state index contributed by atoms with van der Waals surface area (Å²) >= 11 is 5.92. The molecule has 0 bridgehead atoms. The Hall–Kier alpha value is -0.620. The zero-order valence-electron chi connectivity index (χ0n) is 10.1. The Kier molecular flexibility index (Phi) is 8.46. The van der Waals surface area contributed by atoms with Gasteiger partial charge in [0, 0.05) is 12.5 Å². The number of hydrogen-bond donors (Lipinski definition) is 2. The lowest BCUT2D eigenvalue weighted by Gasteiger charge is -2.23. The molecule has 5 nitrogen and oxygen atoms in total. The highest BCUT2D eigenvalue weighted by atomic mass is 35.5. The maximum Gasteiger partial charge on any atom is 0.330 e. The van der Waals surface area contributed by atoms with Crippen molar-refractivity contribution in [3.8, 4) is 0 Å². The van der Waals surface area contributed by atoms with E-state index in [2.05, 4.69) is 6.58 Å². The third-order valence-corrected chi connectivity index (χ3v) is 2.14. The first-order valence-corrected chi connectivity index (χ1v) is 5.14. The van der Waals surface area contributed by atoms with E-state index in [1.54, 1.807) is 6.92 Å². The average molecular weight is 254 g/mol. The van der Waals surface area contributed by atoms with E-state index in [1.165, 1.54) is 0 Å². The molecule has 0 radical (unpaired) electrons. The Bertz CT molecular complexity index is 229. The number of carbonyl (C=O) groups excluding carboxylic acids is 1. The number of rotatable bonds is 6. The molecule has 2 unspecified atom stereocenters. The number of hydrogen-bond acceptors (Lipinski definition) is 4. The van der Waals surface area contributed by atoms with E-state index in [9.17, 15) is 9.90 Å². The summed E-state index contributed by atoms with van der Waals surface area (Å²) in [5.41, 5.74) is 0. The molecule has 0 saturated heterocycles. The van der Waals surface area contributed by atoms with Crippen LogP contribution in [0.2, 0.25) is 0 Å². The first kappa shape index (κ1) is 17.8. The van der Waals surface area contributed by atoms with Gasteiger partial charge in [-0.15, -0.1) is 0 Å². The zero-order chi connectivity index (χ0) is 12.1. The summed E-state index contributed by atoms with van der Waals surface area (Å²) < 4.78 is 5.12. The van der Waals surface area contributed by atoms with E-state index in [4.69, 9.17) is 16.5 Å². The molecule has 0 aliphatic rings. The average Bonchev–Trinajstić information content (AvgIpc) is 2.12. The Morgan fingerprint density at radius 2 is 2.12 bits per heavy atom. The van der Waals surface area contributed by atoms with Gasteiger partial charge in [0.2, 0.25) is 0 Å². The molecule has 0 aliphatic carbocycles. The van der Waals surface area contributed by atoms with Crippen LogP contribution in [0.1, 0.15) is 13.3 Å². The second kappa shape index (κ2) is 7.62. The number of ether oxygens (including phenoxy) is 1. The predicted octanol–water partition coefficient (Wildman–Crippen LogP) is 1.25. The fourth-order valence-corrected chi connectivity index (χ4v) is 1.08. The molecular weight excluding hydrogens is 232 g/mol. The molecule has 96 valence electrons. The van der Waals surface area contributed by atoms with Crippen molar-refractivity contribution in [2.24, 2.45) is 0 Å². The number of quaternary nitrogens is 1. The van der Waals surface area contributed by atoms with Crippen LogP contribution in [-0.2, 0) is 9.53 Å². The third-order valence-electron chi connectivity index (χ3n) is 1.97. The molecule has 0 heterocycles. The SMILES string of the molecule is C=CC(=O)OC(C)C(O)CC[N+](C)(C)Cl.N. The summed E-state index contributed by atoms with van der Waals surface area (Å²) in [6, 6.07) is 0. The lowest BCUT2D eigenvalue weighted by molar-refractivity contribution is -0.772. The van der Waals surface area contributed by atoms with Crippen LogP contribution in [0.15, 0.2) is 12.7 Å². The van der Waals surface area contributed by atoms with Crippen molar-refractivity contribution in [1.82, 2.24) is 6.15 Å². The molecule has 0 aromatic rings. The molecule has 4 N–H and O–H groups in total. The molecule has 6 heteroatoms. The highest BCUT2D eigenvalue weighted by molar-refractivity contribution is 6.06. The number of esters is 1. The molecule has 2 atom stereocenters. The Labute approximate surface area is 102 Å². The molecule has 0 spiro atoms. The van der Waals surface area contributed by atoms with Gasteiger partial charge in [0.1, 0.15) is 6.10 Å². The van der Waals surface area contributed by atoms with Crippen LogP contribution in [0.5, 0.6) is 0 Å². The Balaban J connectivity index is 0. The second-order valence-electron chi connectivity index (χ2n) is 3.96. The van der Waals surface area contributed by atoms with Crippen LogP contribution >= 0.6 is 11.8 Å². The van der Waals surface area contributed by atoms with Crippen molar-refractivity contribution in [2.45, 2.75) is 25.6 Å². The number of aliphatic hydroxyl groups excluding tert-OH is 1. The Morgan fingerprint density at radius 3 is 2.50 bits per heavy atom. The van der Waals surface area contributed by atoms with Gasteiger partial charge in [0.05, 0.1) is 26.7 Å². The van der Waals surface area contributed by atoms with Gasteiger partial charge in [-0.2, -0.15) is 0 Å². The Morgan fingerprint density at radius 1 is 1.62 bits per heavy atom. The molecule has 16 heavy (non-hydrogen) atoms. The minimum Gasteiger partial charge on any atom is -0.457 e. The summed E-state index contributed by atoms with van der Waals surface area (Å²) in [6.45, 7) is 5.51. The first-order valence-electron chi connectivity index (χ1n) is 4.80. The van der Waals surface area contributed by atoms with Crippen molar-refractivity contribution in [3.05, 3.63) is 12.7 Å². The van der Waals surface area contributed by atoms with E-state index in [0.29, 0.717) is 13.0 Å². The van der Waals surface area contributed by atoms with Gasteiger partial charge in [0.15, 0.2) is 11.8 Å². The van der Waals surface area contributed by atoms with Crippen LogP contribution in [0.4, 0.5) is 0 Å². The third kappa shape index (κ3) is 8.67. The predicted molar refractivity (Wildman–Crippen MR) is 64.2 cm³/mol. The molecule has 0 saturated carbocycles. The molecule has 0 aromatic carbocycles. The molecule has 0 fully saturated rings. The molecule has 0 aromatic heterocycles. The van der Waals surface area contributed by atoms with Gasteiger partial charge < -0.3 is 16.0 Å². The quantitative estimate of drug-likeness (QED) is 0.424. The van der Waals surface area contributed by atoms with Crippen molar-refractivity contribution < 1.29 is 18.6 Å². The highest BCUT2D eigenvalue weighted by Gasteiger charge is 2.21. The summed E-state index contributed by atoms with van der Waals surface area (Å²) in [5, 5.41) is 9.65. The van der Waals surface area contributed by atoms with Crippen molar-refractivity contribution >= 4 is 17.7 Å². The van der Waals surface area contributed by atoms with Gasteiger partial charge in [0.25, 0.3) is 0 Å². The van der Waals surface area contributed by atoms with Crippen LogP contribution < -0.4 is 6.15 Å². The lowest BCUT2D eigenvalue weighted by Crippen LogP contribution is -2.35. The van der Waals surface area contributed by atoms with Crippen molar-refractivity contribution in [1.29, 1.82) is 0 Å². The second-order valence-corrected chi connectivity index (χ2v) is 4.88. The van der Waals surface area contributed by atoms with E-state index >= 15 is 0 Å². The van der Waals surface area contributed by atoms with Gasteiger partial charge >= 0.3 is 5.97 Å². The normalized spacial score (nSPS) is 14.6. The molecule has 0 amide bonds. The summed E-state index contributed by atoms with van der Waals surface area (Å²) in [6.07, 6.45) is 0.302. The van der Waals surface area contributed by atoms with Gasteiger partial charge in [-0.25, -0.2) is 8.80 Å². The monoisotopic (exact) mass is 253 g/mol.